The highest BCUT2D eigenvalue weighted by atomic mass is 32.2. The molecule has 0 fully saturated rings. The Morgan fingerprint density at radius 3 is 2.78 bits per heavy atom. The zero-order chi connectivity index (χ0) is 16.7. The van der Waals surface area contributed by atoms with Crippen molar-refractivity contribution in [3.05, 3.63) is 40.2 Å². The Labute approximate surface area is 144 Å². The summed E-state index contributed by atoms with van der Waals surface area (Å²) in [5.41, 5.74) is 1.02. The van der Waals surface area contributed by atoms with Gasteiger partial charge in [-0.25, -0.2) is 4.98 Å². The number of nitriles is 1. The summed E-state index contributed by atoms with van der Waals surface area (Å²) in [6, 6.07) is 9.82. The molecule has 0 aliphatic carbocycles. The lowest BCUT2D eigenvalue weighted by Gasteiger charge is -2.10. The molecule has 23 heavy (non-hydrogen) atoms. The number of rotatable bonds is 7. The van der Waals surface area contributed by atoms with Crippen molar-refractivity contribution in [2.24, 2.45) is 0 Å². The van der Waals surface area contributed by atoms with Gasteiger partial charge in [0.05, 0.1) is 5.69 Å². The number of hydrogen-bond acceptors (Lipinski definition) is 5. The second-order valence-corrected chi connectivity index (χ2v) is 6.89. The Balaban J connectivity index is 2.44. The summed E-state index contributed by atoms with van der Waals surface area (Å²) in [6.07, 6.45) is 5.39. The SMILES string of the molecule is CCCCCSc1ccccc1-c1nc(SC)[nH]c(=O)c1C#N. The molecule has 0 aliphatic rings. The summed E-state index contributed by atoms with van der Waals surface area (Å²) in [6.45, 7) is 2.18. The van der Waals surface area contributed by atoms with Gasteiger partial charge in [0, 0.05) is 10.5 Å². The van der Waals surface area contributed by atoms with Gasteiger partial charge in [-0.3, -0.25) is 4.79 Å². The predicted octanol–water partition coefficient (Wildman–Crippen LogP) is 4.31. The van der Waals surface area contributed by atoms with Gasteiger partial charge in [-0.2, -0.15) is 5.26 Å². The fourth-order valence-corrected chi connectivity index (χ4v) is 3.61. The Morgan fingerprint density at radius 2 is 2.09 bits per heavy atom. The van der Waals surface area contributed by atoms with E-state index in [9.17, 15) is 10.1 Å². The molecule has 2 rings (SSSR count). The molecule has 1 aromatic heterocycles. The summed E-state index contributed by atoms with van der Waals surface area (Å²) in [5, 5.41) is 9.86. The summed E-state index contributed by atoms with van der Waals surface area (Å²) in [4.78, 5) is 20.3. The number of aromatic amines is 1. The zero-order valence-electron chi connectivity index (χ0n) is 13.3. The third kappa shape index (κ3) is 4.40. The maximum atomic E-state index is 12.1. The third-order valence-corrected chi connectivity index (χ3v) is 5.09. The van der Waals surface area contributed by atoms with E-state index in [-0.39, 0.29) is 11.1 Å². The lowest BCUT2D eigenvalue weighted by molar-refractivity contribution is 0.778. The van der Waals surface area contributed by atoms with Crippen LogP contribution in [0.15, 0.2) is 39.1 Å². The molecule has 0 aliphatic heterocycles. The molecular formula is C17H19N3OS2. The van der Waals surface area contributed by atoms with E-state index in [4.69, 9.17) is 0 Å². The highest BCUT2D eigenvalue weighted by Gasteiger charge is 2.16. The molecule has 2 aromatic rings. The molecule has 0 saturated heterocycles. The van der Waals surface area contributed by atoms with E-state index in [1.807, 2.05) is 36.6 Å². The molecule has 0 saturated carbocycles. The van der Waals surface area contributed by atoms with Crippen LogP contribution in [-0.4, -0.2) is 22.0 Å². The van der Waals surface area contributed by atoms with Crippen LogP contribution in [0.25, 0.3) is 11.3 Å². The van der Waals surface area contributed by atoms with Gasteiger partial charge in [0.1, 0.15) is 11.6 Å². The zero-order valence-corrected chi connectivity index (χ0v) is 14.9. The fourth-order valence-electron chi connectivity index (χ4n) is 2.17. The van der Waals surface area contributed by atoms with Crippen molar-refractivity contribution in [3.63, 3.8) is 0 Å². The number of aromatic nitrogens is 2. The van der Waals surface area contributed by atoms with Crippen molar-refractivity contribution >= 4 is 23.5 Å². The molecule has 0 atom stereocenters. The van der Waals surface area contributed by atoms with Crippen molar-refractivity contribution < 1.29 is 0 Å². The van der Waals surface area contributed by atoms with Gasteiger partial charge < -0.3 is 4.98 Å². The Kier molecular flexibility index (Phi) is 6.75. The molecule has 1 heterocycles. The summed E-state index contributed by atoms with van der Waals surface area (Å²) < 4.78 is 0. The van der Waals surface area contributed by atoms with Gasteiger partial charge in [-0.1, -0.05) is 49.7 Å². The van der Waals surface area contributed by atoms with E-state index in [0.717, 1.165) is 22.6 Å². The van der Waals surface area contributed by atoms with Gasteiger partial charge in [-0.15, -0.1) is 11.8 Å². The van der Waals surface area contributed by atoms with Crippen LogP contribution in [0.5, 0.6) is 0 Å². The molecule has 0 amide bonds. The maximum Gasteiger partial charge on any atom is 0.270 e. The van der Waals surface area contributed by atoms with Crippen molar-refractivity contribution in [2.75, 3.05) is 12.0 Å². The molecule has 0 radical (unpaired) electrons. The highest BCUT2D eigenvalue weighted by Crippen LogP contribution is 2.32. The maximum absolute atomic E-state index is 12.1. The quantitative estimate of drug-likeness (QED) is 0.460. The first-order chi connectivity index (χ1) is 11.2. The van der Waals surface area contributed by atoms with Crippen LogP contribution in [0.3, 0.4) is 0 Å². The second-order valence-electron chi connectivity index (χ2n) is 4.96. The van der Waals surface area contributed by atoms with Gasteiger partial charge in [0.2, 0.25) is 0 Å². The van der Waals surface area contributed by atoms with Gasteiger partial charge in [0.25, 0.3) is 5.56 Å². The van der Waals surface area contributed by atoms with Crippen molar-refractivity contribution in [1.29, 1.82) is 5.26 Å². The Morgan fingerprint density at radius 1 is 1.30 bits per heavy atom. The Bertz CT molecular complexity index is 765. The van der Waals surface area contributed by atoms with Gasteiger partial charge >= 0.3 is 0 Å². The summed E-state index contributed by atoms with van der Waals surface area (Å²) >= 11 is 3.11. The number of thioether (sulfide) groups is 2. The highest BCUT2D eigenvalue weighted by molar-refractivity contribution is 7.99. The summed E-state index contributed by atoms with van der Waals surface area (Å²) in [5.74, 6) is 1.02. The minimum absolute atomic E-state index is 0.0735. The number of hydrogen-bond donors (Lipinski definition) is 1. The minimum atomic E-state index is -0.382. The average molecular weight is 345 g/mol. The average Bonchev–Trinajstić information content (AvgIpc) is 2.58. The molecule has 0 bridgehead atoms. The molecule has 6 heteroatoms. The van der Waals surface area contributed by atoms with E-state index >= 15 is 0 Å². The number of benzene rings is 1. The van der Waals surface area contributed by atoms with Gasteiger partial charge in [0.15, 0.2) is 5.16 Å². The number of H-pyrrole nitrogens is 1. The minimum Gasteiger partial charge on any atom is -0.300 e. The Hall–Kier alpha value is -1.71. The number of nitrogens with zero attached hydrogens (tertiary/aromatic N) is 2. The number of unbranched alkanes of at least 4 members (excludes halogenated alkanes) is 2. The van der Waals surface area contributed by atoms with E-state index in [1.165, 1.54) is 24.6 Å². The van der Waals surface area contributed by atoms with Crippen LogP contribution >= 0.6 is 23.5 Å². The molecular weight excluding hydrogens is 326 g/mol. The molecule has 0 unspecified atom stereocenters. The monoisotopic (exact) mass is 345 g/mol. The summed E-state index contributed by atoms with van der Waals surface area (Å²) in [7, 11) is 0. The molecule has 4 nitrogen and oxygen atoms in total. The van der Waals surface area contributed by atoms with Crippen LogP contribution in [-0.2, 0) is 0 Å². The molecule has 1 N–H and O–H groups in total. The van der Waals surface area contributed by atoms with Crippen LogP contribution in [0.1, 0.15) is 31.7 Å². The van der Waals surface area contributed by atoms with Crippen molar-refractivity contribution in [3.8, 4) is 17.3 Å². The topological polar surface area (TPSA) is 69.5 Å². The third-order valence-electron chi connectivity index (χ3n) is 3.35. The van der Waals surface area contributed by atoms with Crippen molar-refractivity contribution in [1.82, 2.24) is 9.97 Å². The standard InChI is InChI=1S/C17H19N3OS2/c1-3-4-7-10-23-14-9-6-5-8-12(14)15-13(11-18)16(21)20-17(19-15)22-2/h5-6,8-9H,3-4,7,10H2,1-2H3,(H,19,20,21). The van der Waals surface area contributed by atoms with E-state index in [0.29, 0.717) is 10.9 Å². The lowest BCUT2D eigenvalue weighted by atomic mass is 10.1. The molecule has 1 aromatic carbocycles. The van der Waals surface area contributed by atoms with E-state index in [2.05, 4.69) is 16.9 Å². The normalized spacial score (nSPS) is 10.5. The van der Waals surface area contributed by atoms with Crippen LogP contribution < -0.4 is 5.56 Å². The second kappa shape index (κ2) is 8.80. The van der Waals surface area contributed by atoms with Crippen LogP contribution in [0.2, 0.25) is 0 Å². The first kappa shape index (κ1) is 17.6. The molecule has 120 valence electrons. The fraction of sp³-hybridized carbons (Fsp3) is 0.353. The predicted molar refractivity (Wildman–Crippen MR) is 97.0 cm³/mol. The number of nitrogens with one attached hydrogen (secondary N) is 1. The van der Waals surface area contributed by atoms with Crippen molar-refractivity contribution in [2.45, 2.75) is 36.2 Å². The van der Waals surface area contributed by atoms with E-state index < -0.39 is 0 Å². The van der Waals surface area contributed by atoms with E-state index in [1.54, 1.807) is 11.8 Å². The first-order valence-corrected chi connectivity index (χ1v) is 9.72. The largest absolute Gasteiger partial charge is 0.300 e. The van der Waals surface area contributed by atoms with Gasteiger partial charge in [-0.05, 0) is 24.5 Å². The molecule has 0 spiro atoms. The smallest absolute Gasteiger partial charge is 0.270 e. The van der Waals surface area contributed by atoms with Crippen LogP contribution in [0, 0.1) is 11.3 Å². The first-order valence-electron chi connectivity index (χ1n) is 7.51. The lowest BCUT2D eigenvalue weighted by Crippen LogP contribution is -2.14. The van der Waals surface area contributed by atoms with Crippen LogP contribution in [0.4, 0.5) is 0 Å².